The van der Waals surface area contributed by atoms with Gasteiger partial charge in [-0.2, -0.15) is 0 Å². The Morgan fingerprint density at radius 3 is 2.71 bits per heavy atom. The van der Waals surface area contributed by atoms with E-state index in [2.05, 4.69) is 22.5 Å². The standard InChI is InChI=1S/C13H27N3O/c1-5-15-13(3,4)12(17)14-10-11-8-7-9-16(11)6-2/h11,15H,5-10H2,1-4H3,(H,14,17). The van der Waals surface area contributed by atoms with E-state index >= 15 is 0 Å². The number of rotatable bonds is 6. The van der Waals surface area contributed by atoms with Crippen LogP contribution in [0.4, 0.5) is 0 Å². The minimum atomic E-state index is -0.468. The molecule has 1 unspecified atom stereocenters. The van der Waals surface area contributed by atoms with Gasteiger partial charge in [-0.1, -0.05) is 13.8 Å². The Bertz CT molecular complexity index is 253. The van der Waals surface area contributed by atoms with Crippen LogP contribution in [0.15, 0.2) is 0 Å². The lowest BCUT2D eigenvalue weighted by Crippen LogP contribution is -2.54. The number of nitrogens with zero attached hydrogens (tertiary/aromatic N) is 1. The average molecular weight is 241 g/mol. The van der Waals surface area contributed by atoms with Gasteiger partial charge in [0.1, 0.15) is 0 Å². The lowest BCUT2D eigenvalue weighted by molar-refractivity contribution is -0.126. The van der Waals surface area contributed by atoms with Crippen LogP contribution < -0.4 is 10.6 Å². The highest BCUT2D eigenvalue weighted by molar-refractivity contribution is 5.85. The van der Waals surface area contributed by atoms with E-state index in [-0.39, 0.29) is 5.91 Å². The van der Waals surface area contributed by atoms with Crippen LogP contribution in [-0.2, 0) is 4.79 Å². The van der Waals surface area contributed by atoms with Gasteiger partial charge < -0.3 is 10.6 Å². The molecule has 1 saturated heterocycles. The fourth-order valence-corrected chi connectivity index (χ4v) is 2.50. The molecule has 0 radical (unpaired) electrons. The van der Waals surface area contributed by atoms with Crippen molar-refractivity contribution in [2.45, 2.75) is 52.1 Å². The van der Waals surface area contributed by atoms with E-state index in [1.165, 1.54) is 19.4 Å². The van der Waals surface area contributed by atoms with E-state index in [0.29, 0.717) is 6.04 Å². The van der Waals surface area contributed by atoms with Gasteiger partial charge in [0, 0.05) is 12.6 Å². The number of carbonyl (C=O) groups excluding carboxylic acids is 1. The summed E-state index contributed by atoms with van der Waals surface area (Å²) in [4.78, 5) is 14.5. The third-order valence-corrected chi connectivity index (χ3v) is 3.59. The maximum absolute atomic E-state index is 12.0. The van der Waals surface area contributed by atoms with Crippen molar-refractivity contribution in [2.75, 3.05) is 26.2 Å². The van der Waals surface area contributed by atoms with Crippen molar-refractivity contribution in [3.05, 3.63) is 0 Å². The van der Waals surface area contributed by atoms with E-state index < -0.39 is 5.54 Å². The third kappa shape index (κ3) is 3.96. The third-order valence-electron chi connectivity index (χ3n) is 3.59. The summed E-state index contributed by atoms with van der Waals surface area (Å²) in [5.41, 5.74) is -0.468. The number of likely N-dealkylation sites (tertiary alicyclic amines) is 1. The molecule has 0 aliphatic carbocycles. The van der Waals surface area contributed by atoms with Crippen molar-refractivity contribution in [3.63, 3.8) is 0 Å². The van der Waals surface area contributed by atoms with E-state index in [1.807, 2.05) is 20.8 Å². The van der Waals surface area contributed by atoms with Crippen LogP contribution in [0.3, 0.4) is 0 Å². The van der Waals surface area contributed by atoms with Gasteiger partial charge in [-0.05, 0) is 46.3 Å². The predicted octanol–water partition coefficient (Wildman–Crippen LogP) is 0.975. The lowest BCUT2D eigenvalue weighted by Gasteiger charge is -2.27. The van der Waals surface area contributed by atoms with Crippen LogP contribution in [0, 0.1) is 0 Å². The predicted molar refractivity (Wildman–Crippen MR) is 71.0 cm³/mol. The minimum absolute atomic E-state index is 0.0994. The van der Waals surface area contributed by atoms with Crippen molar-refractivity contribution in [2.24, 2.45) is 0 Å². The number of hydrogen-bond acceptors (Lipinski definition) is 3. The highest BCUT2D eigenvalue weighted by atomic mass is 16.2. The number of likely N-dealkylation sites (N-methyl/N-ethyl adjacent to an activating group) is 2. The van der Waals surface area contributed by atoms with Gasteiger partial charge in [-0.3, -0.25) is 9.69 Å². The molecule has 17 heavy (non-hydrogen) atoms. The fourth-order valence-electron chi connectivity index (χ4n) is 2.50. The van der Waals surface area contributed by atoms with Crippen LogP contribution in [0.25, 0.3) is 0 Å². The summed E-state index contributed by atoms with van der Waals surface area (Å²) in [6.07, 6.45) is 2.46. The van der Waals surface area contributed by atoms with Gasteiger partial charge >= 0.3 is 0 Å². The number of carbonyl (C=O) groups is 1. The Balaban J connectivity index is 2.37. The normalized spacial score (nSPS) is 21.8. The number of nitrogens with one attached hydrogen (secondary N) is 2. The summed E-state index contributed by atoms with van der Waals surface area (Å²) in [6.45, 7) is 11.9. The molecular weight excluding hydrogens is 214 g/mol. The molecule has 100 valence electrons. The fraction of sp³-hybridized carbons (Fsp3) is 0.923. The summed E-state index contributed by atoms with van der Waals surface area (Å²) in [6, 6.07) is 0.529. The van der Waals surface area contributed by atoms with Crippen LogP contribution in [0.5, 0.6) is 0 Å². The van der Waals surface area contributed by atoms with Crippen molar-refractivity contribution in [1.29, 1.82) is 0 Å². The molecule has 1 fully saturated rings. The topological polar surface area (TPSA) is 44.4 Å². The number of hydrogen-bond donors (Lipinski definition) is 2. The van der Waals surface area contributed by atoms with Crippen LogP contribution in [-0.4, -0.2) is 48.6 Å². The Morgan fingerprint density at radius 1 is 1.41 bits per heavy atom. The molecule has 2 N–H and O–H groups in total. The second kappa shape index (κ2) is 6.36. The molecule has 0 spiro atoms. The Morgan fingerprint density at radius 2 is 2.12 bits per heavy atom. The molecule has 0 bridgehead atoms. The molecule has 1 rings (SSSR count). The summed E-state index contributed by atoms with van der Waals surface area (Å²) in [7, 11) is 0. The van der Waals surface area contributed by atoms with Crippen molar-refractivity contribution >= 4 is 5.91 Å². The highest BCUT2D eigenvalue weighted by Gasteiger charge is 2.28. The number of amides is 1. The Hall–Kier alpha value is -0.610. The Labute approximate surface area is 105 Å². The van der Waals surface area contributed by atoms with Crippen molar-refractivity contribution < 1.29 is 4.79 Å². The van der Waals surface area contributed by atoms with Crippen LogP contribution in [0.1, 0.15) is 40.5 Å². The van der Waals surface area contributed by atoms with E-state index in [1.54, 1.807) is 0 Å². The maximum atomic E-state index is 12.0. The molecule has 0 aromatic heterocycles. The zero-order valence-corrected chi connectivity index (χ0v) is 11.7. The quantitative estimate of drug-likeness (QED) is 0.728. The first-order chi connectivity index (χ1) is 8.01. The first-order valence-electron chi connectivity index (χ1n) is 6.78. The summed E-state index contributed by atoms with van der Waals surface area (Å²) in [5, 5.41) is 6.27. The van der Waals surface area contributed by atoms with Gasteiger partial charge in [-0.15, -0.1) is 0 Å². The van der Waals surface area contributed by atoms with Gasteiger partial charge in [0.05, 0.1) is 5.54 Å². The largest absolute Gasteiger partial charge is 0.353 e. The monoisotopic (exact) mass is 241 g/mol. The van der Waals surface area contributed by atoms with Gasteiger partial charge in [0.15, 0.2) is 0 Å². The molecule has 1 aliphatic heterocycles. The molecule has 0 aromatic rings. The zero-order chi connectivity index (χ0) is 12.9. The summed E-state index contributed by atoms with van der Waals surface area (Å²) in [5.74, 6) is 0.0994. The van der Waals surface area contributed by atoms with E-state index in [0.717, 1.165) is 19.6 Å². The van der Waals surface area contributed by atoms with Gasteiger partial charge in [0.2, 0.25) is 5.91 Å². The van der Waals surface area contributed by atoms with Crippen molar-refractivity contribution in [3.8, 4) is 0 Å². The molecule has 0 aromatic carbocycles. The van der Waals surface area contributed by atoms with E-state index in [9.17, 15) is 4.79 Å². The van der Waals surface area contributed by atoms with Gasteiger partial charge in [0.25, 0.3) is 0 Å². The maximum Gasteiger partial charge on any atom is 0.239 e. The second-order valence-electron chi connectivity index (χ2n) is 5.29. The molecule has 4 heteroatoms. The van der Waals surface area contributed by atoms with E-state index in [4.69, 9.17) is 0 Å². The van der Waals surface area contributed by atoms with Gasteiger partial charge in [-0.25, -0.2) is 0 Å². The molecule has 1 amide bonds. The lowest BCUT2D eigenvalue weighted by atomic mass is 10.0. The molecule has 0 saturated carbocycles. The SMILES string of the molecule is CCNC(C)(C)C(=O)NCC1CCCN1CC. The zero-order valence-electron chi connectivity index (χ0n) is 11.7. The summed E-state index contributed by atoms with van der Waals surface area (Å²) >= 11 is 0. The smallest absolute Gasteiger partial charge is 0.239 e. The van der Waals surface area contributed by atoms with Crippen LogP contribution >= 0.6 is 0 Å². The highest BCUT2D eigenvalue weighted by Crippen LogP contribution is 2.15. The molecule has 1 aliphatic rings. The summed E-state index contributed by atoms with van der Waals surface area (Å²) < 4.78 is 0. The average Bonchev–Trinajstić information content (AvgIpc) is 2.72. The minimum Gasteiger partial charge on any atom is -0.353 e. The van der Waals surface area contributed by atoms with Crippen LogP contribution in [0.2, 0.25) is 0 Å². The first-order valence-corrected chi connectivity index (χ1v) is 6.78. The van der Waals surface area contributed by atoms with Crippen molar-refractivity contribution in [1.82, 2.24) is 15.5 Å². The second-order valence-corrected chi connectivity index (χ2v) is 5.29. The molecular formula is C13H27N3O. The first kappa shape index (κ1) is 14.5. The Kier molecular flexibility index (Phi) is 5.40. The molecule has 4 nitrogen and oxygen atoms in total. The molecule has 1 heterocycles. The molecule has 1 atom stereocenters.